The van der Waals surface area contributed by atoms with Crippen LogP contribution < -0.4 is 0 Å². The highest BCUT2D eigenvalue weighted by Gasteiger charge is 2.60. The molecule has 5 aromatic rings. The van der Waals surface area contributed by atoms with Gasteiger partial charge in [0.25, 0.3) is 0 Å². The topological polar surface area (TPSA) is 38.5 Å². The molecule has 41 heavy (non-hydrogen) atoms. The van der Waals surface area contributed by atoms with Gasteiger partial charge >= 0.3 is 5.97 Å². The molecule has 0 spiro atoms. The minimum absolute atomic E-state index is 0.0677. The van der Waals surface area contributed by atoms with Gasteiger partial charge in [-0.1, -0.05) is 133 Å². The van der Waals surface area contributed by atoms with Crippen LogP contribution in [0.3, 0.4) is 0 Å². The molecule has 1 saturated heterocycles. The fourth-order valence-corrected chi connectivity index (χ4v) is 6.08. The van der Waals surface area contributed by atoms with Crippen molar-refractivity contribution in [3.8, 4) is 0 Å². The van der Waals surface area contributed by atoms with Crippen LogP contribution >= 0.6 is 0 Å². The standard InChI is InChI=1S/C37H33NO3/c1-40-36(39)30-24-22-29(23-25-30)35-34(27-41-26-28-14-6-2-7-15-28)38(35)37(31-16-8-3-9-17-31,32-18-10-4-11-19-32)33-20-12-5-13-21-33/h2-25,34-35H,26-27H2,1H3/t34-,35+,38?/m0/s1. The number of hydrogen-bond acceptors (Lipinski definition) is 4. The van der Waals surface area contributed by atoms with E-state index in [0.717, 1.165) is 11.1 Å². The number of esters is 1. The molecule has 0 aromatic heterocycles. The lowest BCUT2D eigenvalue weighted by molar-refractivity contribution is 0.0600. The molecule has 6 rings (SSSR count). The summed E-state index contributed by atoms with van der Waals surface area (Å²) in [6.45, 7) is 1.11. The SMILES string of the molecule is COC(=O)c1ccc([C@@H]2[C@H](COCc3ccccc3)N2C(c2ccccc2)(c2ccccc2)c2ccccc2)cc1. The highest BCUT2D eigenvalue weighted by Crippen LogP contribution is 2.57. The van der Waals surface area contributed by atoms with Gasteiger partial charge in [-0.15, -0.1) is 0 Å². The molecule has 1 fully saturated rings. The second-order valence-corrected chi connectivity index (χ2v) is 10.3. The van der Waals surface area contributed by atoms with Crippen molar-refractivity contribution in [2.75, 3.05) is 13.7 Å². The highest BCUT2D eigenvalue weighted by atomic mass is 16.5. The zero-order valence-electron chi connectivity index (χ0n) is 23.1. The van der Waals surface area contributed by atoms with Crippen molar-refractivity contribution < 1.29 is 14.3 Å². The number of carbonyl (C=O) groups excluding carboxylic acids is 1. The van der Waals surface area contributed by atoms with Gasteiger partial charge < -0.3 is 9.47 Å². The van der Waals surface area contributed by atoms with Gasteiger partial charge in [0.05, 0.1) is 43.5 Å². The average molecular weight is 540 g/mol. The van der Waals surface area contributed by atoms with Gasteiger partial charge in [0, 0.05) is 0 Å². The third kappa shape index (κ3) is 5.20. The van der Waals surface area contributed by atoms with Crippen LogP contribution in [-0.2, 0) is 21.6 Å². The Morgan fingerprint density at radius 2 is 1.12 bits per heavy atom. The van der Waals surface area contributed by atoms with E-state index >= 15 is 0 Å². The number of carbonyl (C=O) groups is 1. The van der Waals surface area contributed by atoms with Crippen LogP contribution in [0.4, 0.5) is 0 Å². The molecule has 204 valence electrons. The van der Waals surface area contributed by atoms with E-state index in [2.05, 4.69) is 108 Å². The summed E-state index contributed by atoms with van der Waals surface area (Å²) in [6, 6.07) is 50.5. The molecule has 0 amide bonds. The quantitative estimate of drug-likeness (QED) is 0.105. The summed E-state index contributed by atoms with van der Waals surface area (Å²) in [5.74, 6) is -0.334. The van der Waals surface area contributed by atoms with Gasteiger partial charge in [-0.2, -0.15) is 0 Å². The van der Waals surface area contributed by atoms with E-state index < -0.39 is 5.54 Å². The third-order valence-electron chi connectivity index (χ3n) is 7.97. The van der Waals surface area contributed by atoms with E-state index in [9.17, 15) is 4.79 Å². The van der Waals surface area contributed by atoms with Gasteiger partial charge in [0.15, 0.2) is 0 Å². The first-order valence-electron chi connectivity index (χ1n) is 14.0. The zero-order chi connectivity index (χ0) is 28.1. The molecule has 4 heteroatoms. The molecule has 1 aliphatic rings. The Balaban J connectivity index is 1.47. The van der Waals surface area contributed by atoms with Crippen LogP contribution in [0.15, 0.2) is 146 Å². The molecule has 1 aliphatic heterocycles. The monoisotopic (exact) mass is 539 g/mol. The Kier molecular flexibility index (Phi) is 7.77. The highest BCUT2D eigenvalue weighted by molar-refractivity contribution is 5.89. The molecule has 0 saturated carbocycles. The maximum Gasteiger partial charge on any atom is 0.337 e. The molecule has 0 N–H and O–H groups in total. The van der Waals surface area contributed by atoms with Crippen LogP contribution in [-0.4, -0.2) is 30.6 Å². The number of hydrogen-bond donors (Lipinski definition) is 0. The van der Waals surface area contributed by atoms with E-state index in [-0.39, 0.29) is 18.1 Å². The normalized spacial score (nSPS) is 18.0. The van der Waals surface area contributed by atoms with Gasteiger partial charge in [-0.3, -0.25) is 4.90 Å². The van der Waals surface area contributed by atoms with Gasteiger partial charge in [0.1, 0.15) is 0 Å². The zero-order valence-corrected chi connectivity index (χ0v) is 23.1. The first kappa shape index (κ1) is 26.7. The molecule has 5 aromatic carbocycles. The second kappa shape index (κ2) is 11.9. The molecular formula is C37H33NO3. The maximum atomic E-state index is 12.2. The Bertz CT molecular complexity index is 1460. The van der Waals surface area contributed by atoms with Crippen LogP contribution in [0, 0.1) is 0 Å². The van der Waals surface area contributed by atoms with E-state index in [4.69, 9.17) is 9.47 Å². The first-order chi connectivity index (χ1) is 20.2. The molecule has 3 atom stereocenters. The number of benzene rings is 5. The molecule has 1 unspecified atom stereocenters. The fraction of sp³-hybridized carbons (Fsp3) is 0.162. The minimum atomic E-state index is -0.559. The Hall–Kier alpha value is -4.51. The van der Waals surface area contributed by atoms with E-state index in [1.165, 1.54) is 23.8 Å². The summed E-state index contributed by atoms with van der Waals surface area (Å²) >= 11 is 0. The van der Waals surface area contributed by atoms with Crippen molar-refractivity contribution >= 4 is 5.97 Å². The first-order valence-corrected chi connectivity index (χ1v) is 14.0. The Labute approximate surface area is 241 Å². The smallest absolute Gasteiger partial charge is 0.337 e. The van der Waals surface area contributed by atoms with Crippen molar-refractivity contribution in [3.05, 3.63) is 179 Å². The molecule has 0 radical (unpaired) electrons. The van der Waals surface area contributed by atoms with Gasteiger partial charge in [-0.25, -0.2) is 4.79 Å². The largest absolute Gasteiger partial charge is 0.465 e. The predicted octanol–water partition coefficient (Wildman–Crippen LogP) is 7.41. The molecule has 0 bridgehead atoms. The number of nitrogens with zero attached hydrogens (tertiary/aromatic N) is 1. The predicted molar refractivity (Wildman–Crippen MR) is 161 cm³/mol. The lowest BCUT2D eigenvalue weighted by Gasteiger charge is -2.39. The van der Waals surface area contributed by atoms with Crippen LogP contribution in [0.5, 0.6) is 0 Å². The van der Waals surface area contributed by atoms with Crippen molar-refractivity contribution in [1.29, 1.82) is 0 Å². The summed E-state index contributed by atoms with van der Waals surface area (Å²) < 4.78 is 11.3. The van der Waals surface area contributed by atoms with Crippen molar-refractivity contribution in [2.24, 2.45) is 0 Å². The number of rotatable bonds is 10. The van der Waals surface area contributed by atoms with Gasteiger partial charge in [-0.05, 0) is 39.9 Å². The summed E-state index contributed by atoms with van der Waals surface area (Å²) in [6.07, 6.45) is 0. The van der Waals surface area contributed by atoms with E-state index in [0.29, 0.717) is 18.8 Å². The summed E-state index contributed by atoms with van der Waals surface area (Å²) in [7, 11) is 1.41. The molecule has 0 aliphatic carbocycles. The van der Waals surface area contributed by atoms with Crippen molar-refractivity contribution in [3.63, 3.8) is 0 Å². The average Bonchev–Trinajstić information content (AvgIpc) is 3.77. The van der Waals surface area contributed by atoms with Crippen molar-refractivity contribution in [2.45, 2.75) is 24.2 Å². The van der Waals surface area contributed by atoms with Gasteiger partial charge in [0.2, 0.25) is 0 Å². The Morgan fingerprint density at radius 3 is 1.59 bits per heavy atom. The van der Waals surface area contributed by atoms with Crippen LogP contribution in [0.2, 0.25) is 0 Å². The number of ether oxygens (including phenoxy) is 2. The van der Waals surface area contributed by atoms with E-state index in [1.807, 2.05) is 42.5 Å². The number of methoxy groups -OCH3 is 1. The second-order valence-electron chi connectivity index (χ2n) is 10.3. The van der Waals surface area contributed by atoms with E-state index in [1.54, 1.807) is 0 Å². The molecule has 4 nitrogen and oxygen atoms in total. The summed E-state index contributed by atoms with van der Waals surface area (Å²) in [5, 5.41) is 0. The Morgan fingerprint density at radius 1 is 0.659 bits per heavy atom. The lowest BCUT2D eigenvalue weighted by Crippen LogP contribution is -2.39. The summed E-state index contributed by atoms with van der Waals surface area (Å²) in [5.41, 5.74) is 5.85. The van der Waals surface area contributed by atoms with Crippen LogP contribution in [0.1, 0.15) is 44.2 Å². The minimum Gasteiger partial charge on any atom is -0.465 e. The fourth-order valence-electron chi connectivity index (χ4n) is 6.08. The summed E-state index contributed by atoms with van der Waals surface area (Å²) in [4.78, 5) is 14.8. The maximum absolute atomic E-state index is 12.2. The molecular weight excluding hydrogens is 506 g/mol. The lowest BCUT2D eigenvalue weighted by atomic mass is 9.76. The molecule has 1 heterocycles. The van der Waals surface area contributed by atoms with Crippen LogP contribution in [0.25, 0.3) is 0 Å². The third-order valence-corrected chi connectivity index (χ3v) is 7.97. The van der Waals surface area contributed by atoms with Crippen molar-refractivity contribution in [1.82, 2.24) is 4.90 Å².